The summed E-state index contributed by atoms with van der Waals surface area (Å²) in [4.78, 5) is 8.12. The van der Waals surface area contributed by atoms with Crippen LogP contribution >= 0.6 is 0 Å². The van der Waals surface area contributed by atoms with Crippen LogP contribution in [-0.4, -0.2) is 16.0 Å². The fourth-order valence-corrected chi connectivity index (χ4v) is 1.84. The standard InChI is InChI=1S/C9H15N5/c1-4-9(2,3)5-6(10)13-8(11)14-7(5)12-4/h4H,1-3H3,(H5,10,11,12,13,14). The van der Waals surface area contributed by atoms with Gasteiger partial charge in [0.25, 0.3) is 0 Å². The molecule has 5 heteroatoms. The number of nitrogens with two attached hydrogens (primary N) is 2. The van der Waals surface area contributed by atoms with E-state index in [-0.39, 0.29) is 17.4 Å². The highest BCUT2D eigenvalue weighted by molar-refractivity contribution is 5.66. The molecule has 1 unspecified atom stereocenters. The molecule has 1 aliphatic heterocycles. The van der Waals surface area contributed by atoms with E-state index >= 15 is 0 Å². The smallest absolute Gasteiger partial charge is 0.223 e. The average molecular weight is 193 g/mol. The zero-order valence-electron chi connectivity index (χ0n) is 8.63. The van der Waals surface area contributed by atoms with Crippen molar-refractivity contribution in [2.45, 2.75) is 32.2 Å². The summed E-state index contributed by atoms with van der Waals surface area (Å²) in [6.07, 6.45) is 0. The highest BCUT2D eigenvalue weighted by atomic mass is 15.1. The number of anilines is 3. The lowest BCUT2D eigenvalue weighted by Gasteiger charge is -2.24. The Bertz CT molecular complexity index is 385. The van der Waals surface area contributed by atoms with E-state index < -0.39 is 0 Å². The number of nitrogens with one attached hydrogen (secondary N) is 1. The molecule has 0 spiro atoms. The molecule has 0 saturated heterocycles. The lowest BCUT2D eigenvalue weighted by atomic mass is 9.82. The predicted molar refractivity (Wildman–Crippen MR) is 57.0 cm³/mol. The first-order valence-electron chi connectivity index (χ1n) is 4.63. The minimum absolute atomic E-state index is 0.0485. The van der Waals surface area contributed by atoms with E-state index in [1.165, 1.54) is 0 Å². The molecule has 76 valence electrons. The second-order valence-corrected chi connectivity index (χ2v) is 4.28. The SMILES string of the molecule is CC1Nc2nc(N)nc(N)c2C1(C)C. The van der Waals surface area contributed by atoms with E-state index in [0.29, 0.717) is 5.82 Å². The van der Waals surface area contributed by atoms with Crippen LogP contribution in [0, 0.1) is 0 Å². The molecule has 0 fully saturated rings. The first kappa shape index (κ1) is 9.05. The quantitative estimate of drug-likeness (QED) is 0.565. The van der Waals surface area contributed by atoms with Crippen molar-refractivity contribution in [3.8, 4) is 0 Å². The fourth-order valence-electron chi connectivity index (χ4n) is 1.84. The molecule has 14 heavy (non-hydrogen) atoms. The number of aromatic nitrogens is 2. The van der Waals surface area contributed by atoms with E-state index in [2.05, 4.69) is 36.1 Å². The molecule has 1 aliphatic rings. The molecule has 5 N–H and O–H groups in total. The Morgan fingerprint density at radius 3 is 2.57 bits per heavy atom. The Balaban J connectivity index is 2.65. The van der Waals surface area contributed by atoms with Gasteiger partial charge in [-0.2, -0.15) is 9.97 Å². The zero-order chi connectivity index (χ0) is 10.5. The third kappa shape index (κ3) is 1.01. The maximum atomic E-state index is 5.84. The maximum absolute atomic E-state index is 5.84. The van der Waals surface area contributed by atoms with Gasteiger partial charge in [-0.25, -0.2) is 0 Å². The Labute approximate surface area is 82.9 Å². The van der Waals surface area contributed by atoms with Crippen LogP contribution in [0.5, 0.6) is 0 Å². The van der Waals surface area contributed by atoms with Crippen molar-refractivity contribution in [3.63, 3.8) is 0 Å². The topological polar surface area (TPSA) is 89.8 Å². The molecule has 5 nitrogen and oxygen atoms in total. The number of nitrogens with zero attached hydrogens (tertiary/aromatic N) is 2. The fraction of sp³-hybridized carbons (Fsp3) is 0.556. The van der Waals surface area contributed by atoms with E-state index in [1.807, 2.05) is 0 Å². The first-order chi connectivity index (χ1) is 6.43. The molecule has 0 saturated carbocycles. The molecule has 0 aromatic carbocycles. The summed E-state index contributed by atoms with van der Waals surface area (Å²) >= 11 is 0. The Hall–Kier alpha value is -1.52. The van der Waals surface area contributed by atoms with Crippen LogP contribution in [0.25, 0.3) is 0 Å². The number of hydrogen-bond donors (Lipinski definition) is 3. The summed E-state index contributed by atoms with van der Waals surface area (Å²) in [5, 5.41) is 3.26. The number of nitrogen functional groups attached to an aromatic ring is 2. The number of hydrogen-bond acceptors (Lipinski definition) is 5. The van der Waals surface area contributed by atoms with Crippen molar-refractivity contribution in [1.29, 1.82) is 0 Å². The highest BCUT2D eigenvalue weighted by Crippen LogP contribution is 2.42. The largest absolute Gasteiger partial charge is 0.383 e. The number of rotatable bonds is 0. The molecule has 2 rings (SSSR count). The van der Waals surface area contributed by atoms with Gasteiger partial charge in [0.05, 0.1) is 0 Å². The van der Waals surface area contributed by atoms with Crippen LogP contribution in [0.4, 0.5) is 17.6 Å². The third-order valence-corrected chi connectivity index (χ3v) is 3.03. The van der Waals surface area contributed by atoms with Crippen LogP contribution in [-0.2, 0) is 5.41 Å². The number of fused-ring (bicyclic) bond motifs is 1. The molecular formula is C9H15N5. The van der Waals surface area contributed by atoms with Crippen molar-refractivity contribution in [2.75, 3.05) is 16.8 Å². The molecule has 1 atom stereocenters. The maximum Gasteiger partial charge on any atom is 0.223 e. The summed E-state index contributed by atoms with van der Waals surface area (Å²) in [7, 11) is 0. The normalized spacial score (nSPS) is 22.9. The Morgan fingerprint density at radius 2 is 1.93 bits per heavy atom. The predicted octanol–water partition coefficient (Wildman–Crippen LogP) is 0.733. The van der Waals surface area contributed by atoms with Crippen molar-refractivity contribution < 1.29 is 0 Å². The van der Waals surface area contributed by atoms with E-state index in [1.54, 1.807) is 0 Å². The van der Waals surface area contributed by atoms with Crippen LogP contribution in [0.3, 0.4) is 0 Å². The van der Waals surface area contributed by atoms with Crippen molar-refractivity contribution >= 4 is 17.6 Å². The molecule has 0 amide bonds. The minimum Gasteiger partial charge on any atom is -0.383 e. The van der Waals surface area contributed by atoms with Gasteiger partial charge in [0, 0.05) is 17.0 Å². The molecule has 1 aromatic heterocycles. The van der Waals surface area contributed by atoms with E-state index in [4.69, 9.17) is 11.5 Å². The lowest BCUT2D eigenvalue weighted by molar-refractivity contribution is 0.487. The van der Waals surface area contributed by atoms with Crippen LogP contribution < -0.4 is 16.8 Å². The van der Waals surface area contributed by atoms with Crippen molar-refractivity contribution in [1.82, 2.24) is 9.97 Å². The van der Waals surface area contributed by atoms with Gasteiger partial charge in [0.1, 0.15) is 11.6 Å². The van der Waals surface area contributed by atoms with Gasteiger partial charge in [-0.15, -0.1) is 0 Å². The summed E-state index contributed by atoms with van der Waals surface area (Å²) in [5.74, 6) is 1.47. The molecule has 0 aliphatic carbocycles. The lowest BCUT2D eigenvalue weighted by Crippen LogP contribution is -2.30. The first-order valence-corrected chi connectivity index (χ1v) is 4.63. The summed E-state index contributed by atoms with van der Waals surface area (Å²) in [5.41, 5.74) is 12.3. The summed E-state index contributed by atoms with van der Waals surface area (Å²) < 4.78 is 0. The van der Waals surface area contributed by atoms with E-state index in [0.717, 1.165) is 11.4 Å². The van der Waals surface area contributed by atoms with Gasteiger partial charge in [-0.05, 0) is 6.92 Å². The van der Waals surface area contributed by atoms with Crippen molar-refractivity contribution in [2.24, 2.45) is 0 Å². The average Bonchev–Trinajstić information content (AvgIpc) is 2.21. The summed E-state index contributed by atoms with van der Waals surface area (Å²) in [6.45, 7) is 6.33. The third-order valence-electron chi connectivity index (χ3n) is 3.03. The minimum atomic E-state index is -0.0485. The molecule has 0 bridgehead atoms. The van der Waals surface area contributed by atoms with Gasteiger partial charge < -0.3 is 16.8 Å². The van der Waals surface area contributed by atoms with Crippen molar-refractivity contribution in [3.05, 3.63) is 5.56 Å². The second-order valence-electron chi connectivity index (χ2n) is 4.28. The van der Waals surface area contributed by atoms with Gasteiger partial charge in [0.15, 0.2) is 0 Å². The van der Waals surface area contributed by atoms with Crippen LogP contribution in [0.15, 0.2) is 0 Å². The molecule has 1 aromatic rings. The zero-order valence-corrected chi connectivity index (χ0v) is 8.63. The van der Waals surface area contributed by atoms with Gasteiger partial charge in [-0.3, -0.25) is 0 Å². The van der Waals surface area contributed by atoms with E-state index in [9.17, 15) is 0 Å². The van der Waals surface area contributed by atoms with Gasteiger partial charge in [-0.1, -0.05) is 13.8 Å². The van der Waals surface area contributed by atoms with Gasteiger partial charge >= 0.3 is 0 Å². The van der Waals surface area contributed by atoms with Gasteiger partial charge in [0.2, 0.25) is 5.95 Å². The molecule has 0 radical (unpaired) electrons. The second kappa shape index (κ2) is 2.50. The molecule has 2 heterocycles. The highest BCUT2D eigenvalue weighted by Gasteiger charge is 2.39. The van der Waals surface area contributed by atoms with Crippen LogP contribution in [0.2, 0.25) is 0 Å². The van der Waals surface area contributed by atoms with Crippen LogP contribution in [0.1, 0.15) is 26.3 Å². The molecular weight excluding hydrogens is 178 g/mol. The Morgan fingerprint density at radius 1 is 1.29 bits per heavy atom. The summed E-state index contributed by atoms with van der Waals surface area (Å²) in [6, 6.07) is 0.288. The monoisotopic (exact) mass is 193 g/mol. The Kier molecular flexibility index (Phi) is 1.61.